The van der Waals surface area contributed by atoms with Crippen LogP contribution in [0.15, 0.2) is 30.3 Å². The maximum atomic E-state index is 12.2. The molecule has 0 aliphatic rings. The Balaban J connectivity index is 2.36. The molecule has 0 aromatic heterocycles. The first-order chi connectivity index (χ1) is 10.1. The molecule has 3 nitrogen and oxygen atoms in total. The van der Waals surface area contributed by atoms with Crippen LogP contribution in [0.2, 0.25) is 0 Å². The molecule has 0 saturated heterocycles. The number of carbonyl (C=O) groups excluding carboxylic acids is 1. The second kappa shape index (κ2) is 10.4. The molecule has 0 bridgehead atoms. The van der Waals surface area contributed by atoms with E-state index in [9.17, 15) is 4.79 Å². The fourth-order valence-electron chi connectivity index (χ4n) is 2.12. The van der Waals surface area contributed by atoms with Gasteiger partial charge in [-0.15, -0.1) is 0 Å². The second-order valence-electron chi connectivity index (χ2n) is 5.67. The van der Waals surface area contributed by atoms with Crippen molar-refractivity contribution in [3.8, 4) is 0 Å². The Morgan fingerprint density at radius 1 is 1.10 bits per heavy atom. The molecular formula is C18H28O3. The van der Waals surface area contributed by atoms with Gasteiger partial charge in [-0.3, -0.25) is 4.79 Å². The van der Waals surface area contributed by atoms with Gasteiger partial charge < -0.3 is 9.47 Å². The van der Waals surface area contributed by atoms with Gasteiger partial charge in [0.1, 0.15) is 6.61 Å². The summed E-state index contributed by atoms with van der Waals surface area (Å²) in [5.74, 6) is 0.0507. The molecule has 1 atom stereocenters. The standard InChI is InChI=1S/C18H28O3/c1-4-5-11-20-12-13-21-18(19)17(15(2)3)14-16-9-7-6-8-10-16/h6-10,15,17H,4-5,11-14H2,1-3H3. The first-order valence-electron chi connectivity index (χ1n) is 7.93. The van der Waals surface area contributed by atoms with Crippen molar-refractivity contribution in [3.05, 3.63) is 35.9 Å². The Kier molecular flexibility index (Phi) is 8.76. The Morgan fingerprint density at radius 2 is 1.81 bits per heavy atom. The van der Waals surface area contributed by atoms with Gasteiger partial charge in [0.15, 0.2) is 0 Å². The van der Waals surface area contributed by atoms with Gasteiger partial charge in [-0.2, -0.15) is 0 Å². The Labute approximate surface area is 128 Å². The largest absolute Gasteiger partial charge is 0.463 e. The fourth-order valence-corrected chi connectivity index (χ4v) is 2.12. The van der Waals surface area contributed by atoms with Crippen LogP contribution < -0.4 is 0 Å². The number of esters is 1. The summed E-state index contributed by atoms with van der Waals surface area (Å²) in [6, 6.07) is 10.1. The third-order valence-corrected chi connectivity index (χ3v) is 3.52. The smallest absolute Gasteiger partial charge is 0.309 e. The van der Waals surface area contributed by atoms with E-state index in [1.54, 1.807) is 0 Å². The zero-order valence-corrected chi connectivity index (χ0v) is 13.5. The molecule has 118 valence electrons. The van der Waals surface area contributed by atoms with Gasteiger partial charge in [-0.25, -0.2) is 0 Å². The second-order valence-corrected chi connectivity index (χ2v) is 5.67. The average molecular weight is 292 g/mol. The van der Waals surface area contributed by atoms with Crippen molar-refractivity contribution in [1.82, 2.24) is 0 Å². The lowest BCUT2D eigenvalue weighted by atomic mass is 9.89. The molecule has 0 radical (unpaired) electrons. The minimum Gasteiger partial charge on any atom is -0.463 e. The summed E-state index contributed by atoms with van der Waals surface area (Å²) in [6.07, 6.45) is 2.90. The molecule has 1 aromatic carbocycles. The zero-order valence-electron chi connectivity index (χ0n) is 13.5. The lowest BCUT2D eigenvalue weighted by Crippen LogP contribution is -2.26. The lowest BCUT2D eigenvalue weighted by Gasteiger charge is -2.19. The molecule has 0 aliphatic heterocycles. The van der Waals surface area contributed by atoms with Gasteiger partial charge in [0.25, 0.3) is 0 Å². The Bertz CT molecular complexity index is 387. The van der Waals surface area contributed by atoms with Crippen molar-refractivity contribution < 1.29 is 14.3 Å². The highest BCUT2D eigenvalue weighted by Crippen LogP contribution is 2.18. The van der Waals surface area contributed by atoms with Crippen LogP contribution in [-0.2, 0) is 20.7 Å². The van der Waals surface area contributed by atoms with Crippen molar-refractivity contribution >= 4 is 5.97 Å². The summed E-state index contributed by atoms with van der Waals surface area (Å²) in [6.45, 7) is 7.83. The SMILES string of the molecule is CCCCOCCOC(=O)C(Cc1ccccc1)C(C)C. The number of hydrogen-bond acceptors (Lipinski definition) is 3. The first-order valence-corrected chi connectivity index (χ1v) is 7.93. The van der Waals surface area contributed by atoms with Crippen molar-refractivity contribution in [2.24, 2.45) is 11.8 Å². The van der Waals surface area contributed by atoms with Crippen LogP contribution >= 0.6 is 0 Å². The number of benzene rings is 1. The summed E-state index contributed by atoms with van der Waals surface area (Å²) < 4.78 is 10.8. The predicted octanol–water partition coefficient (Wildman–Crippen LogP) is 3.86. The molecule has 3 heteroatoms. The Morgan fingerprint density at radius 3 is 2.43 bits per heavy atom. The predicted molar refractivity (Wildman–Crippen MR) is 85.2 cm³/mol. The van der Waals surface area contributed by atoms with E-state index in [0.29, 0.717) is 13.2 Å². The van der Waals surface area contributed by atoms with Gasteiger partial charge in [-0.1, -0.05) is 57.5 Å². The van der Waals surface area contributed by atoms with E-state index in [2.05, 4.69) is 32.9 Å². The highest BCUT2D eigenvalue weighted by atomic mass is 16.6. The maximum absolute atomic E-state index is 12.2. The van der Waals surface area contributed by atoms with Crippen LogP contribution in [0.4, 0.5) is 0 Å². The summed E-state index contributed by atoms with van der Waals surface area (Å²) in [7, 11) is 0. The first kappa shape index (κ1) is 17.7. The summed E-state index contributed by atoms with van der Waals surface area (Å²) in [5.41, 5.74) is 1.17. The van der Waals surface area contributed by atoms with Crippen LogP contribution in [0.1, 0.15) is 39.2 Å². The quantitative estimate of drug-likeness (QED) is 0.485. The number of hydrogen-bond donors (Lipinski definition) is 0. The van der Waals surface area contributed by atoms with Crippen LogP contribution in [0.25, 0.3) is 0 Å². The molecule has 0 aliphatic carbocycles. The van der Waals surface area contributed by atoms with Crippen molar-refractivity contribution in [2.75, 3.05) is 19.8 Å². The number of carbonyl (C=O) groups is 1. The van der Waals surface area contributed by atoms with Crippen LogP contribution in [0.3, 0.4) is 0 Å². The highest BCUT2D eigenvalue weighted by Gasteiger charge is 2.23. The van der Waals surface area contributed by atoms with Gasteiger partial charge in [-0.05, 0) is 24.3 Å². The molecule has 0 spiro atoms. The molecule has 0 heterocycles. The summed E-state index contributed by atoms with van der Waals surface area (Å²) >= 11 is 0. The van der Waals surface area contributed by atoms with Gasteiger partial charge in [0.05, 0.1) is 12.5 Å². The Hall–Kier alpha value is -1.35. The molecule has 1 unspecified atom stereocenters. The zero-order chi connectivity index (χ0) is 15.5. The van der Waals surface area contributed by atoms with E-state index >= 15 is 0 Å². The van der Waals surface area contributed by atoms with E-state index in [4.69, 9.17) is 9.47 Å². The maximum Gasteiger partial charge on any atom is 0.309 e. The van der Waals surface area contributed by atoms with Crippen molar-refractivity contribution in [1.29, 1.82) is 0 Å². The van der Waals surface area contributed by atoms with Gasteiger partial charge >= 0.3 is 5.97 Å². The monoisotopic (exact) mass is 292 g/mol. The molecule has 21 heavy (non-hydrogen) atoms. The molecule has 1 aromatic rings. The van der Waals surface area contributed by atoms with E-state index in [1.807, 2.05) is 18.2 Å². The third-order valence-electron chi connectivity index (χ3n) is 3.52. The van der Waals surface area contributed by atoms with Gasteiger partial charge in [0, 0.05) is 6.61 Å². The number of ether oxygens (including phenoxy) is 2. The number of rotatable bonds is 10. The molecule has 0 amide bonds. The highest BCUT2D eigenvalue weighted by molar-refractivity contribution is 5.73. The van der Waals surface area contributed by atoms with E-state index in [0.717, 1.165) is 25.9 Å². The summed E-state index contributed by atoms with van der Waals surface area (Å²) in [4.78, 5) is 12.2. The van der Waals surface area contributed by atoms with E-state index < -0.39 is 0 Å². The van der Waals surface area contributed by atoms with E-state index in [-0.39, 0.29) is 17.8 Å². The molecule has 0 saturated carbocycles. The minimum atomic E-state index is -0.118. The lowest BCUT2D eigenvalue weighted by molar-refractivity contribution is -0.151. The van der Waals surface area contributed by atoms with Crippen LogP contribution in [0, 0.1) is 11.8 Å². The topological polar surface area (TPSA) is 35.5 Å². The molecule has 0 fully saturated rings. The van der Waals surface area contributed by atoms with Crippen molar-refractivity contribution in [2.45, 2.75) is 40.0 Å². The fraction of sp³-hybridized carbons (Fsp3) is 0.611. The minimum absolute atomic E-state index is 0.0944. The van der Waals surface area contributed by atoms with Crippen molar-refractivity contribution in [3.63, 3.8) is 0 Å². The van der Waals surface area contributed by atoms with Gasteiger partial charge in [0.2, 0.25) is 0 Å². The summed E-state index contributed by atoms with van der Waals surface area (Å²) in [5, 5.41) is 0. The third kappa shape index (κ3) is 7.28. The molecule has 1 rings (SSSR count). The van der Waals surface area contributed by atoms with Crippen LogP contribution in [-0.4, -0.2) is 25.8 Å². The van der Waals surface area contributed by atoms with Crippen LogP contribution in [0.5, 0.6) is 0 Å². The average Bonchev–Trinajstić information content (AvgIpc) is 2.49. The molecular weight excluding hydrogens is 264 g/mol. The van der Waals surface area contributed by atoms with E-state index in [1.165, 1.54) is 5.56 Å². The molecule has 0 N–H and O–H groups in total. The number of unbranched alkanes of at least 4 members (excludes halogenated alkanes) is 1. The normalized spacial score (nSPS) is 12.4.